The van der Waals surface area contributed by atoms with Crippen molar-refractivity contribution >= 4 is 21.7 Å². The number of hydrogen-bond donors (Lipinski definition) is 2. The van der Waals surface area contributed by atoms with E-state index in [0.717, 1.165) is 19.1 Å². The lowest BCUT2D eigenvalue weighted by Crippen LogP contribution is -2.42. The number of carbonyl (C=O) groups excluding carboxylic acids is 1. The average Bonchev–Trinajstić information content (AvgIpc) is 3.26. The molecule has 0 unspecified atom stereocenters. The maximum Gasteiger partial charge on any atom is 0.315 e. The van der Waals surface area contributed by atoms with Crippen LogP contribution in [0.2, 0.25) is 0 Å². The monoisotopic (exact) mass is 322 g/mol. The minimum absolute atomic E-state index is 0.128. The fraction of sp³-hybridized carbons (Fsp3) is 0.429. The number of nitriles is 1. The predicted octanol–water partition coefficient (Wildman–Crippen LogP) is 0.786. The van der Waals surface area contributed by atoms with Crippen LogP contribution in [-0.4, -0.2) is 39.8 Å². The second-order valence-electron chi connectivity index (χ2n) is 5.17. The summed E-state index contributed by atoms with van der Waals surface area (Å²) in [7, 11) is -3.47. The molecule has 0 radical (unpaired) electrons. The molecule has 118 valence electrons. The highest BCUT2D eigenvalue weighted by atomic mass is 32.2. The molecule has 1 aliphatic rings. The van der Waals surface area contributed by atoms with E-state index in [4.69, 9.17) is 5.26 Å². The molecule has 2 N–H and O–H groups in total. The number of benzene rings is 1. The Bertz CT molecular complexity index is 675. The Morgan fingerprint density at radius 2 is 2.00 bits per heavy atom. The van der Waals surface area contributed by atoms with Crippen LogP contribution in [0.25, 0.3) is 0 Å². The minimum atomic E-state index is -3.47. The number of sulfonamides is 1. The average molecular weight is 322 g/mol. The highest BCUT2D eigenvalue weighted by Gasteiger charge is 2.23. The summed E-state index contributed by atoms with van der Waals surface area (Å²) in [6.07, 6.45) is 3.09. The van der Waals surface area contributed by atoms with Crippen LogP contribution in [0.15, 0.2) is 24.3 Å². The van der Waals surface area contributed by atoms with Gasteiger partial charge in [0.25, 0.3) is 0 Å². The number of anilines is 1. The van der Waals surface area contributed by atoms with Gasteiger partial charge in [-0.05, 0) is 37.1 Å². The van der Waals surface area contributed by atoms with Crippen LogP contribution < -0.4 is 14.9 Å². The van der Waals surface area contributed by atoms with Gasteiger partial charge in [0.2, 0.25) is 10.0 Å². The Hall–Kier alpha value is -2.27. The lowest BCUT2D eigenvalue weighted by molar-refractivity contribution is 0.241. The number of hydrogen-bond acceptors (Lipinski definition) is 4. The molecule has 0 spiro atoms. The fourth-order valence-corrected chi connectivity index (χ4v) is 2.85. The van der Waals surface area contributed by atoms with E-state index in [1.165, 1.54) is 4.31 Å². The maximum atomic E-state index is 11.9. The molecule has 1 aromatic rings. The Morgan fingerprint density at radius 1 is 1.36 bits per heavy atom. The molecule has 1 fully saturated rings. The molecule has 22 heavy (non-hydrogen) atoms. The SMILES string of the molecule is CS(=O)(=O)N(CCNC(=O)NC1CC1)c1ccc(C#N)cc1. The van der Waals surface area contributed by atoms with E-state index in [9.17, 15) is 13.2 Å². The van der Waals surface area contributed by atoms with E-state index < -0.39 is 10.0 Å². The van der Waals surface area contributed by atoms with Crippen LogP contribution in [0.5, 0.6) is 0 Å². The maximum absolute atomic E-state index is 11.9. The van der Waals surface area contributed by atoms with E-state index in [2.05, 4.69) is 10.6 Å². The Kier molecular flexibility index (Phi) is 4.88. The summed E-state index contributed by atoms with van der Waals surface area (Å²) in [5.74, 6) is 0. The Labute approximate surface area is 130 Å². The smallest absolute Gasteiger partial charge is 0.315 e. The first-order valence-electron chi connectivity index (χ1n) is 6.92. The van der Waals surface area contributed by atoms with Crippen molar-refractivity contribution in [1.29, 1.82) is 5.26 Å². The van der Waals surface area contributed by atoms with E-state index in [1.54, 1.807) is 24.3 Å². The number of nitrogens with one attached hydrogen (secondary N) is 2. The summed E-state index contributed by atoms with van der Waals surface area (Å²) in [5.41, 5.74) is 0.921. The van der Waals surface area contributed by atoms with Gasteiger partial charge < -0.3 is 10.6 Å². The van der Waals surface area contributed by atoms with Crippen LogP contribution in [0.3, 0.4) is 0 Å². The number of urea groups is 1. The zero-order chi connectivity index (χ0) is 16.2. The molecular weight excluding hydrogens is 304 g/mol. The summed E-state index contributed by atoms with van der Waals surface area (Å²) in [5, 5.41) is 14.2. The zero-order valence-electron chi connectivity index (χ0n) is 12.2. The highest BCUT2D eigenvalue weighted by Crippen LogP contribution is 2.19. The third-order valence-corrected chi connectivity index (χ3v) is 4.39. The molecule has 2 amide bonds. The molecule has 0 atom stereocenters. The lowest BCUT2D eigenvalue weighted by atomic mass is 10.2. The van der Waals surface area contributed by atoms with Crippen LogP contribution >= 0.6 is 0 Å². The number of carbonyl (C=O) groups is 1. The fourth-order valence-electron chi connectivity index (χ4n) is 1.92. The first kappa shape index (κ1) is 16.1. The molecular formula is C14H18N4O3S. The molecule has 0 bridgehead atoms. The third-order valence-electron chi connectivity index (χ3n) is 3.20. The molecule has 0 heterocycles. The van der Waals surface area contributed by atoms with Gasteiger partial charge in [-0.15, -0.1) is 0 Å². The van der Waals surface area contributed by atoms with E-state index in [-0.39, 0.29) is 25.2 Å². The topological polar surface area (TPSA) is 102 Å². The molecule has 8 heteroatoms. The van der Waals surface area contributed by atoms with E-state index in [1.807, 2.05) is 6.07 Å². The van der Waals surface area contributed by atoms with E-state index in [0.29, 0.717) is 11.3 Å². The summed E-state index contributed by atoms with van der Waals surface area (Å²) < 4.78 is 25.0. The standard InChI is InChI=1S/C14H18N4O3S/c1-22(20,21)18(13-6-2-11(10-15)3-7-13)9-8-16-14(19)17-12-4-5-12/h2-3,6-7,12H,4-5,8-9H2,1H3,(H2,16,17,19). The molecule has 0 aromatic heterocycles. The van der Waals surface area contributed by atoms with Gasteiger partial charge in [0.1, 0.15) is 0 Å². The van der Waals surface area contributed by atoms with Crippen molar-refractivity contribution in [2.75, 3.05) is 23.7 Å². The lowest BCUT2D eigenvalue weighted by Gasteiger charge is -2.22. The zero-order valence-corrected chi connectivity index (χ0v) is 13.1. The molecule has 0 saturated heterocycles. The third kappa shape index (κ3) is 4.63. The molecule has 7 nitrogen and oxygen atoms in total. The normalized spacial score (nSPS) is 14.0. The first-order valence-corrected chi connectivity index (χ1v) is 8.77. The van der Waals surface area contributed by atoms with Crippen molar-refractivity contribution < 1.29 is 13.2 Å². The summed E-state index contributed by atoms with van der Waals surface area (Å²) in [6, 6.07) is 8.21. The van der Waals surface area contributed by atoms with Crippen LogP contribution in [-0.2, 0) is 10.0 Å². The van der Waals surface area contributed by atoms with Crippen molar-refractivity contribution in [1.82, 2.24) is 10.6 Å². The van der Waals surface area contributed by atoms with Gasteiger partial charge in [0.15, 0.2) is 0 Å². The molecule has 1 aliphatic carbocycles. The number of amides is 2. The number of nitrogens with zero attached hydrogens (tertiary/aromatic N) is 2. The van der Waals surface area contributed by atoms with Gasteiger partial charge in [0.05, 0.1) is 30.1 Å². The summed E-state index contributed by atoms with van der Waals surface area (Å²) in [6.45, 7) is 0.328. The first-order chi connectivity index (χ1) is 10.4. The van der Waals surface area contributed by atoms with E-state index >= 15 is 0 Å². The van der Waals surface area contributed by atoms with Gasteiger partial charge in [0, 0.05) is 12.6 Å². The van der Waals surface area contributed by atoms with Crippen molar-refractivity contribution in [2.45, 2.75) is 18.9 Å². The van der Waals surface area contributed by atoms with Crippen LogP contribution in [0, 0.1) is 11.3 Å². The number of rotatable bonds is 6. The molecule has 1 aromatic carbocycles. The van der Waals surface area contributed by atoms with Crippen molar-refractivity contribution in [3.8, 4) is 6.07 Å². The molecule has 2 rings (SSSR count). The van der Waals surface area contributed by atoms with Crippen LogP contribution in [0.1, 0.15) is 18.4 Å². The second-order valence-corrected chi connectivity index (χ2v) is 7.08. The largest absolute Gasteiger partial charge is 0.336 e. The Balaban J connectivity index is 1.97. The van der Waals surface area contributed by atoms with Gasteiger partial charge in [-0.3, -0.25) is 4.31 Å². The van der Waals surface area contributed by atoms with Gasteiger partial charge in [-0.25, -0.2) is 13.2 Å². The quantitative estimate of drug-likeness (QED) is 0.808. The van der Waals surface area contributed by atoms with Gasteiger partial charge in [-0.2, -0.15) is 5.26 Å². The van der Waals surface area contributed by atoms with Gasteiger partial charge in [-0.1, -0.05) is 0 Å². The Morgan fingerprint density at radius 3 is 2.50 bits per heavy atom. The predicted molar refractivity (Wildman–Crippen MR) is 82.9 cm³/mol. The summed E-state index contributed by atoms with van der Waals surface area (Å²) >= 11 is 0. The summed E-state index contributed by atoms with van der Waals surface area (Å²) in [4.78, 5) is 11.5. The molecule has 1 saturated carbocycles. The van der Waals surface area contributed by atoms with Crippen molar-refractivity contribution in [2.24, 2.45) is 0 Å². The van der Waals surface area contributed by atoms with Gasteiger partial charge >= 0.3 is 6.03 Å². The van der Waals surface area contributed by atoms with Crippen molar-refractivity contribution in [3.05, 3.63) is 29.8 Å². The second kappa shape index (κ2) is 6.66. The highest BCUT2D eigenvalue weighted by molar-refractivity contribution is 7.92. The van der Waals surface area contributed by atoms with Crippen molar-refractivity contribution in [3.63, 3.8) is 0 Å². The molecule has 0 aliphatic heterocycles. The van der Waals surface area contributed by atoms with Crippen LogP contribution in [0.4, 0.5) is 10.5 Å². The minimum Gasteiger partial charge on any atom is -0.336 e.